The van der Waals surface area contributed by atoms with Crippen LogP contribution in [0.25, 0.3) is 0 Å². The molecule has 0 amide bonds. The van der Waals surface area contributed by atoms with Crippen molar-refractivity contribution in [3.8, 4) is 0 Å². The zero-order valence-electron chi connectivity index (χ0n) is 15.1. The molecule has 6 heteroatoms. The van der Waals surface area contributed by atoms with E-state index in [2.05, 4.69) is 11.6 Å². The average molecular weight is 362 g/mol. The van der Waals surface area contributed by atoms with E-state index in [9.17, 15) is 13.2 Å². The number of carboxylic acids is 1. The van der Waals surface area contributed by atoms with Crippen LogP contribution >= 0.6 is 0 Å². The summed E-state index contributed by atoms with van der Waals surface area (Å²) >= 11 is 0. The number of carboxylic acid groups (broad SMARTS) is 1. The monoisotopic (exact) mass is 361 g/mol. The molecule has 142 valence electrons. The third-order valence-electron chi connectivity index (χ3n) is 3.89. The maximum absolute atomic E-state index is 11.5. The lowest BCUT2D eigenvalue weighted by Gasteiger charge is -2.02. The summed E-state index contributed by atoms with van der Waals surface area (Å²) in [6.45, 7) is 2.17. The molecule has 0 aromatic rings. The molecule has 24 heavy (non-hydrogen) atoms. The first-order valence-electron chi connectivity index (χ1n) is 9.36. The fraction of sp³-hybridized carbons (Fsp3) is 0.833. The summed E-state index contributed by atoms with van der Waals surface area (Å²) in [6, 6.07) is 0. The minimum absolute atomic E-state index is 0.0690. The normalized spacial score (nSPS) is 12.0. The third-order valence-corrected chi connectivity index (χ3v) is 5.05. The fourth-order valence-corrected chi connectivity index (χ4v) is 3.34. The van der Waals surface area contributed by atoms with Crippen LogP contribution in [0.4, 0.5) is 0 Å². The third kappa shape index (κ3) is 17.5. The van der Waals surface area contributed by atoms with Crippen LogP contribution in [0.3, 0.4) is 0 Å². The van der Waals surface area contributed by atoms with Gasteiger partial charge in [0, 0.05) is 12.0 Å². The van der Waals surface area contributed by atoms with Crippen LogP contribution in [0.1, 0.15) is 90.4 Å². The van der Waals surface area contributed by atoms with E-state index in [0.29, 0.717) is 0 Å². The van der Waals surface area contributed by atoms with Crippen molar-refractivity contribution in [2.45, 2.75) is 90.4 Å². The van der Waals surface area contributed by atoms with E-state index in [-0.39, 0.29) is 13.0 Å². The summed E-state index contributed by atoms with van der Waals surface area (Å²) in [5.74, 6) is -1.01. The lowest BCUT2D eigenvalue weighted by Crippen LogP contribution is -2.24. The molecule has 0 rings (SSSR count). The molecule has 0 atom stereocenters. The van der Waals surface area contributed by atoms with Gasteiger partial charge < -0.3 is 5.11 Å². The van der Waals surface area contributed by atoms with Crippen molar-refractivity contribution in [2.75, 3.05) is 6.54 Å². The van der Waals surface area contributed by atoms with Crippen molar-refractivity contribution in [3.05, 3.63) is 11.5 Å². The van der Waals surface area contributed by atoms with Gasteiger partial charge in [-0.05, 0) is 12.8 Å². The van der Waals surface area contributed by atoms with E-state index in [1.807, 2.05) is 0 Å². The van der Waals surface area contributed by atoms with Crippen LogP contribution in [-0.4, -0.2) is 26.0 Å². The molecule has 0 heterocycles. The molecule has 0 fully saturated rings. The highest BCUT2D eigenvalue weighted by Gasteiger charge is 2.05. The maximum atomic E-state index is 11.5. The Kier molecular flexibility index (Phi) is 15.1. The Morgan fingerprint density at radius 3 is 1.92 bits per heavy atom. The highest BCUT2D eigenvalue weighted by atomic mass is 32.2. The molecule has 0 aliphatic rings. The Balaban J connectivity index is 3.44. The number of sulfonamides is 1. The summed E-state index contributed by atoms with van der Waals surface area (Å²) in [4.78, 5) is 10.3. The van der Waals surface area contributed by atoms with Gasteiger partial charge in [-0.2, -0.15) is 0 Å². The number of hydrogen-bond donors (Lipinski definition) is 2. The number of aliphatic carboxylic acids is 1. The zero-order valence-corrected chi connectivity index (χ0v) is 16.0. The van der Waals surface area contributed by atoms with E-state index in [1.54, 1.807) is 6.08 Å². The summed E-state index contributed by atoms with van der Waals surface area (Å²) < 4.78 is 25.3. The molecule has 0 unspecified atom stereocenters. The summed E-state index contributed by atoms with van der Waals surface area (Å²) in [6.07, 6.45) is 16.2. The van der Waals surface area contributed by atoms with Gasteiger partial charge in [0.2, 0.25) is 10.0 Å². The van der Waals surface area contributed by atoms with Gasteiger partial charge in [0.25, 0.3) is 0 Å². The molecule has 0 saturated carbocycles. The van der Waals surface area contributed by atoms with Gasteiger partial charge in [-0.1, -0.05) is 77.2 Å². The van der Waals surface area contributed by atoms with Crippen molar-refractivity contribution in [1.29, 1.82) is 0 Å². The van der Waals surface area contributed by atoms with Crippen molar-refractivity contribution >= 4 is 16.0 Å². The topological polar surface area (TPSA) is 83.5 Å². The second-order valence-electron chi connectivity index (χ2n) is 6.28. The zero-order chi connectivity index (χ0) is 18.1. The largest absolute Gasteiger partial charge is 0.481 e. The molecule has 0 spiro atoms. The highest BCUT2D eigenvalue weighted by molar-refractivity contribution is 7.92. The minimum atomic E-state index is -3.49. The van der Waals surface area contributed by atoms with Crippen LogP contribution in [0, 0.1) is 0 Å². The number of unbranched alkanes of at least 4 members (excludes halogenated alkanes) is 11. The maximum Gasteiger partial charge on any atom is 0.304 e. The molecule has 0 aromatic heterocycles. The minimum Gasteiger partial charge on any atom is -0.481 e. The first-order chi connectivity index (χ1) is 11.5. The number of allylic oxidation sites excluding steroid dienone is 1. The number of hydrogen-bond acceptors (Lipinski definition) is 3. The Morgan fingerprint density at radius 1 is 0.917 bits per heavy atom. The van der Waals surface area contributed by atoms with Gasteiger partial charge in [-0.25, -0.2) is 13.1 Å². The molecule has 0 aliphatic heterocycles. The van der Waals surface area contributed by atoms with Gasteiger partial charge in [0.05, 0.1) is 6.42 Å². The van der Waals surface area contributed by atoms with E-state index < -0.39 is 16.0 Å². The number of carbonyl (C=O) groups is 1. The molecule has 0 aliphatic carbocycles. The van der Waals surface area contributed by atoms with Gasteiger partial charge in [0.15, 0.2) is 0 Å². The van der Waals surface area contributed by atoms with Crippen molar-refractivity contribution < 1.29 is 18.3 Å². The Hall–Kier alpha value is -0.880. The van der Waals surface area contributed by atoms with E-state index in [4.69, 9.17) is 5.11 Å². The summed E-state index contributed by atoms with van der Waals surface area (Å²) in [5, 5.41) is 9.60. The number of rotatable bonds is 17. The Morgan fingerprint density at radius 2 is 1.42 bits per heavy atom. The van der Waals surface area contributed by atoms with Gasteiger partial charge in [-0.15, -0.1) is 0 Å². The van der Waals surface area contributed by atoms with Crippen LogP contribution in [0.2, 0.25) is 0 Å². The Labute approximate surface area is 148 Å². The first kappa shape index (κ1) is 23.1. The van der Waals surface area contributed by atoms with Crippen LogP contribution < -0.4 is 4.72 Å². The quantitative estimate of drug-likeness (QED) is 0.371. The predicted molar refractivity (Wildman–Crippen MR) is 99.4 cm³/mol. The van der Waals surface area contributed by atoms with E-state index >= 15 is 0 Å². The molecular weight excluding hydrogens is 326 g/mol. The van der Waals surface area contributed by atoms with Crippen molar-refractivity contribution in [3.63, 3.8) is 0 Å². The second kappa shape index (κ2) is 15.6. The molecule has 5 nitrogen and oxygen atoms in total. The van der Waals surface area contributed by atoms with Gasteiger partial charge in [-0.3, -0.25) is 4.79 Å². The first-order valence-corrected chi connectivity index (χ1v) is 10.9. The van der Waals surface area contributed by atoms with Crippen LogP contribution in [0.5, 0.6) is 0 Å². The lowest BCUT2D eigenvalue weighted by molar-refractivity contribution is -0.136. The van der Waals surface area contributed by atoms with Crippen LogP contribution in [0.15, 0.2) is 11.5 Å². The van der Waals surface area contributed by atoms with Crippen molar-refractivity contribution in [1.82, 2.24) is 4.72 Å². The van der Waals surface area contributed by atoms with Crippen molar-refractivity contribution in [2.24, 2.45) is 0 Å². The van der Waals surface area contributed by atoms with Gasteiger partial charge in [0.1, 0.15) is 0 Å². The van der Waals surface area contributed by atoms with Gasteiger partial charge >= 0.3 is 5.97 Å². The summed E-state index contributed by atoms with van der Waals surface area (Å²) in [5.41, 5.74) is 0. The average Bonchev–Trinajstić information content (AvgIpc) is 2.51. The lowest BCUT2D eigenvalue weighted by atomic mass is 10.1. The SMILES string of the molecule is CCCCCCCCCCCCC/C=C/S(=O)(=O)NCCC(=O)O. The van der Waals surface area contributed by atoms with E-state index in [0.717, 1.165) is 24.7 Å². The summed E-state index contributed by atoms with van der Waals surface area (Å²) in [7, 11) is -3.49. The molecule has 0 radical (unpaired) electrons. The fourth-order valence-electron chi connectivity index (χ4n) is 2.47. The molecular formula is C18H35NO4S. The smallest absolute Gasteiger partial charge is 0.304 e. The molecule has 0 aromatic carbocycles. The molecule has 2 N–H and O–H groups in total. The second-order valence-corrected chi connectivity index (χ2v) is 7.93. The standard InChI is InChI=1S/C18H35NO4S/c1-2-3-4-5-6-7-8-9-10-11-12-13-14-17-24(22,23)19-16-15-18(20)21/h14,17,19H,2-13,15-16H2,1H3,(H,20,21)/b17-14+. The Bertz CT molecular complexity index is 432. The van der Waals surface area contributed by atoms with E-state index in [1.165, 1.54) is 57.8 Å². The predicted octanol–water partition coefficient (Wildman–Crippen LogP) is 4.60. The number of nitrogens with one attached hydrogen (secondary N) is 1. The highest BCUT2D eigenvalue weighted by Crippen LogP contribution is 2.12. The molecule has 0 saturated heterocycles. The van der Waals surface area contributed by atoms with Crippen LogP contribution in [-0.2, 0) is 14.8 Å². The molecule has 0 bridgehead atoms.